The summed E-state index contributed by atoms with van der Waals surface area (Å²) in [7, 11) is -11.7. The largest absolute Gasteiger partial charge is 0.460 e. The number of ether oxygens (including phenoxy) is 1. The molecule has 4 aromatic carbocycles. The maximum atomic E-state index is 15.2. The Balaban J connectivity index is 2.11. The molecule has 0 atom stereocenters. The Kier molecular flexibility index (Phi) is 9.07. The van der Waals surface area contributed by atoms with E-state index in [1.165, 1.54) is 91.9 Å². The molecule has 0 spiro atoms. The summed E-state index contributed by atoms with van der Waals surface area (Å²) in [5, 5.41) is -7.11. The van der Waals surface area contributed by atoms with Crippen LogP contribution in [0.5, 0.6) is 5.75 Å². The molecule has 16 heteroatoms. The molecule has 0 radical (unpaired) electrons. The zero-order chi connectivity index (χ0) is 34.3. The van der Waals surface area contributed by atoms with E-state index in [2.05, 4.69) is 6.58 Å². The van der Waals surface area contributed by atoms with Crippen molar-refractivity contribution in [1.29, 1.82) is 0 Å². The van der Waals surface area contributed by atoms with Gasteiger partial charge in [-0.1, -0.05) is 67.2 Å². The van der Waals surface area contributed by atoms with Gasteiger partial charge >= 0.3 is 39.4 Å². The van der Waals surface area contributed by atoms with E-state index in [1.54, 1.807) is 0 Å². The van der Waals surface area contributed by atoms with Crippen molar-refractivity contribution in [1.82, 2.24) is 0 Å². The zero-order valence-electron chi connectivity index (χ0n) is 23.2. The Bertz CT molecular complexity index is 1840. The first-order chi connectivity index (χ1) is 21.2. The topological polar surface area (TPSA) is 69.7 Å². The van der Waals surface area contributed by atoms with Crippen LogP contribution in [0.15, 0.2) is 124 Å². The third-order valence-electron chi connectivity index (χ3n) is 6.48. The van der Waals surface area contributed by atoms with Gasteiger partial charge in [-0.05, 0) is 53.6 Å². The number of halogens is 9. The van der Waals surface area contributed by atoms with E-state index in [0.717, 1.165) is 12.1 Å². The lowest BCUT2D eigenvalue weighted by Gasteiger charge is -2.42. The second-order valence-electron chi connectivity index (χ2n) is 9.65. The van der Waals surface area contributed by atoms with Gasteiger partial charge in [0.2, 0.25) is 0 Å². The van der Waals surface area contributed by atoms with Crippen molar-refractivity contribution in [2.75, 3.05) is 0 Å². The van der Waals surface area contributed by atoms with Gasteiger partial charge in [-0.2, -0.15) is 47.9 Å². The van der Waals surface area contributed by atoms with Crippen LogP contribution in [0.4, 0.5) is 39.5 Å². The first-order valence-corrected chi connectivity index (χ1v) is 15.7. The molecule has 0 fully saturated rings. The maximum absolute atomic E-state index is 15.2. The predicted molar refractivity (Wildman–Crippen MR) is 151 cm³/mol. The van der Waals surface area contributed by atoms with E-state index in [1.807, 2.05) is 0 Å². The Morgan fingerprint density at radius 3 is 1.57 bits per heavy atom. The number of benzene rings is 4. The van der Waals surface area contributed by atoms with Gasteiger partial charge in [-0.3, -0.25) is 0 Å². The Morgan fingerprint density at radius 1 is 0.652 bits per heavy atom. The number of alkyl halides is 9. The molecule has 0 aromatic heterocycles. The maximum Gasteiger partial charge on any atom is 0.460 e. The number of esters is 1. The highest BCUT2D eigenvalue weighted by molar-refractivity contribution is 8.33. The minimum Gasteiger partial charge on any atom is -0.423 e. The molecular formula is C30H21F9O5S2. The highest BCUT2D eigenvalue weighted by Gasteiger charge is 2.86. The SMILES string of the molecule is C=C(C)C(=O)Oc1ccc(S(OS(=O)(=O)C(F)(F)C(F)(F)C(F)(F)C(F)(F)F)(c2ccccc2)c2ccccc2)c2ccccc12. The smallest absolute Gasteiger partial charge is 0.423 e. The summed E-state index contributed by atoms with van der Waals surface area (Å²) in [5.74, 6) is -16.0. The Morgan fingerprint density at radius 2 is 1.11 bits per heavy atom. The molecule has 0 aliphatic carbocycles. The van der Waals surface area contributed by atoms with Gasteiger partial charge < -0.3 is 4.74 Å². The van der Waals surface area contributed by atoms with E-state index in [4.69, 9.17) is 8.37 Å². The first kappa shape index (κ1) is 34.8. The molecule has 0 unspecified atom stereocenters. The third-order valence-corrected chi connectivity index (χ3v) is 11.7. The number of carbonyl (C=O) groups excluding carboxylic acids is 1. The molecule has 0 heterocycles. The van der Waals surface area contributed by atoms with E-state index in [9.17, 15) is 43.9 Å². The summed E-state index contributed by atoms with van der Waals surface area (Å²) in [6, 6.07) is 20.4. The molecule has 0 saturated carbocycles. The molecule has 4 rings (SSSR count). The van der Waals surface area contributed by atoms with E-state index >= 15 is 8.78 Å². The molecular weight excluding hydrogens is 675 g/mol. The summed E-state index contributed by atoms with van der Waals surface area (Å²) in [5.41, 5.74) is -0.0186. The molecule has 0 amide bonds. The van der Waals surface area contributed by atoms with Gasteiger partial charge in [-0.25, -0.2) is 8.42 Å². The lowest BCUT2D eigenvalue weighted by Crippen LogP contribution is -2.63. The third kappa shape index (κ3) is 5.62. The number of carbonyl (C=O) groups is 1. The zero-order valence-corrected chi connectivity index (χ0v) is 24.8. The van der Waals surface area contributed by atoms with Gasteiger partial charge in [0.25, 0.3) is 0 Å². The van der Waals surface area contributed by atoms with Crippen LogP contribution in [0.3, 0.4) is 0 Å². The van der Waals surface area contributed by atoms with E-state index in [0.29, 0.717) is 0 Å². The Hall–Kier alpha value is -4.02. The molecule has 0 aliphatic heterocycles. The molecule has 0 bridgehead atoms. The summed E-state index contributed by atoms with van der Waals surface area (Å²) < 4.78 is 163. The summed E-state index contributed by atoms with van der Waals surface area (Å²) in [6.45, 7) is 4.81. The molecule has 0 N–H and O–H groups in total. The van der Waals surface area contributed by atoms with Gasteiger partial charge in [-0.15, -0.1) is 0 Å². The van der Waals surface area contributed by atoms with Gasteiger partial charge in [0.05, 0.1) is 0 Å². The van der Waals surface area contributed by atoms with Crippen LogP contribution in [-0.2, 0) is 18.5 Å². The molecule has 46 heavy (non-hydrogen) atoms. The Labute approximate surface area is 257 Å². The summed E-state index contributed by atoms with van der Waals surface area (Å²) in [6.07, 6.45) is -7.27. The van der Waals surface area contributed by atoms with Crippen LogP contribution in [0.2, 0.25) is 0 Å². The fourth-order valence-corrected chi connectivity index (χ4v) is 9.58. The monoisotopic (exact) mass is 696 g/mol. The van der Waals surface area contributed by atoms with Crippen molar-refractivity contribution in [3.8, 4) is 5.75 Å². The minimum atomic E-state index is -7.53. The van der Waals surface area contributed by atoms with Gasteiger partial charge in [0, 0.05) is 31.0 Å². The van der Waals surface area contributed by atoms with E-state index in [-0.39, 0.29) is 36.8 Å². The second-order valence-corrected chi connectivity index (χ2v) is 14.1. The highest BCUT2D eigenvalue weighted by Crippen LogP contribution is 2.72. The van der Waals surface area contributed by atoms with E-state index < -0.39 is 49.7 Å². The highest BCUT2D eigenvalue weighted by atomic mass is 32.3. The minimum absolute atomic E-state index is 0.0186. The average molecular weight is 697 g/mol. The van der Waals surface area contributed by atoms with Gasteiger partial charge in [0.15, 0.2) is 0 Å². The summed E-state index contributed by atoms with van der Waals surface area (Å²) in [4.78, 5) is 11.5. The standard InChI is InChI=1S/C30H21F9O5S2/c1-19(2)26(40)43-24-17-18-25(23-16-10-9-15-22(23)24)45(20-11-5-3-6-12-20,21-13-7-4-8-14-21)44-46(41,42)30(38,39)28(33,34)27(31,32)29(35,36)37/h3-18H,1H2,2H3. The normalized spacial score (nSPS) is 13.8. The van der Waals surface area contributed by atoms with Crippen molar-refractivity contribution in [3.63, 3.8) is 0 Å². The van der Waals surface area contributed by atoms with Crippen LogP contribution in [0.1, 0.15) is 6.92 Å². The number of hydrogen-bond acceptors (Lipinski definition) is 5. The summed E-state index contributed by atoms with van der Waals surface area (Å²) >= 11 is 0. The average Bonchev–Trinajstić information content (AvgIpc) is 3.00. The van der Waals surface area contributed by atoms with Crippen molar-refractivity contribution in [3.05, 3.63) is 109 Å². The van der Waals surface area contributed by atoms with Crippen molar-refractivity contribution in [2.45, 2.75) is 44.9 Å². The second kappa shape index (κ2) is 12.0. The predicted octanol–water partition coefficient (Wildman–Crippen LogP) is 9.29. The fraction of sp³-hybridized carbons (Fsp3) is 0.167. The number of rotatable bonds is 10. The van der Waals surface area contributed by atoms with Crippen LogP contribution in [0.25, 0.3) is 10.8 Å². The van der Waals surface area contributed by atoms with Crippen LogP contribution in [0, 0.1) is 0 Å². The quantitative estimate of drug-likeness (QED) is 0.0716. The molecule has 246 valence electrons. The number of hydrogen-bond donors (Lipinski definition) is 0. The van der Waals surface area contributed by atoms with Crippen LogP contribution < -0.4 is 4.74 Å². The first-order valence-electron chi connectivity index (χ1n) is 12.7. The molecule has 4 aromatic rings. The van der Waals surface area contributed by atoms with Crippen LogP contribution in [-0.4, -0.2) is 37.7 Å². The molecule has 0 saturated heterocycles. The van der Waals surface area contributed by atoms with Crippen LogP contribution >= 0.6 is 10.3 Å². The van der Waals surface area contributed by atoms with Gasteiger partial charge in [0.1, 0.15) is 5.75 Å². The van der Waals surface area contributed by atoms with Crippen molar-refractivity contribution >= 4 is 37.2 Å². The van der Waals surface area contributed by atoms with Crippen molar-refractivity contribution < 1.29 is 61.1 Å². The lowest BCUT2D eigenvalue weighted by molar-refractivity contribution is -0.382. The molecule has 5 nitrogen and oxygen atoms in total. The lowest BCUT2D eigenvalue weighted by atomic mass is 10.1. The molecule has 0 aliphatic rings. The van der Waals surface area contributed by atoms with Crippen molar-refractivity contribution in [2.24, 2.45) is 0 Å². The number of fused-ring (bicyclic) bond motifs is 1. The fourth-order valence-electron chi connectivity index (χ4n) is 4.19.